The Bertz CT molecular complexity index is 793. The monoisotopic (exact) mass is 585 g/mol. The molecule has 0 saturated heterocycles. The Balaban J connectivity index is 4.24. The van der Waals surface area contributed by atoms with E-state index in [9.17, 15) is 28.0 Å². The number of aliphatic hydroxyl groups is 2. The summed E-state index contributed by atoms with van der Waals surface area (Å²) < 4.78 is 32.2. The van der Waals surface area contributed by atoms with Crippen LogP contribution < -0.4 is 5.32 Å². The molecule has 1 amide bonds. The van der Waals surface area contributed by atoms with Crippen molar-refractivity contribution in [3.8, 4) is 0 Å². The third kappa shape index (κ3) is 25.5. The van der Waals surface area contributed by atoms with E-state index in [-0.39, 0.29) is 6.42 Å². The van der Waals surface area contributed by atoms with Crippen LogP contribution in [0.4, 0.5) is 0 Å². The topological polar surface area (TPSA) is 124 Å². The largest absolute Gasteiger partial charge is 0.387 e. The van der Waals surface area contributed by atoms with Crippen molar-refractivity contribution in [2.45, 2.75) is 154 Å². The molecule has 0 spiro atoms. The van der Waals surface area contributed by atoms with Gasteiger partial charge in [-0.2, -0.15) is 8.42 Å². The molecule has 7 nitrogen and oxygen atoms in total. The van der Waals surface area contributed by atoms with Crippen molar-refractivity contribution >= 4 is 16.0 Å². The molecule has 0 saturated carbocycles. The van der Waals surface area contributed by atoms with Crippen molar-refractivity contribution in [2.24, 2.45) is 0 Å². The minimum Gasteiger partial charge on any atom is -0.387 e. The molecule has 3 atom stereocenters. The molecule has 40 heavy (non-hydrogen) atoms. The molecule has 0 aliphatic heterocycles. The number of allylic oxidation sites excluding steroid dienone is 5. The highest BCUT2D eigenvalue weighted by Crippen LogP contribution is 2.12. The minimum absolute atomic E-state index is 0.261. The van der Waals surface area contributed by atoms with Crippen molar-refractivity contribution in [3.05, 3.63) is 36.5 Å². The minimum atomic E-state index is -4.43. The zero-order chi connectivity index (χ0) is 29.9. The maximum atomic E-state index is 12.4. The number of unbranched alkanes of at least 4 members (excludes halogenated alkanes) is 15. The lowest BCUT2D eigenvalue weighted by molar-refractivity contribution is -0.130. The van der Waals surface area contributed by atoms with E-state index in [1.165, 1.54) is 57.4 Å². The molecule has 0 aliphatic rings. The Hall–Kier alpha value is -1.48. The van der Waals surface area contributed by atoms with Gasteiger partial charge in [-0.05, 0) is 44.9 Å². The summed E-state index contributed by atoms with van der Waals surface area (Å²) in [6, 6.07) is -1.23. The van der Waals surface area contributed by atoms with E-state index in [0.717, 1.165) is 57.8 Å². The van der Waals surface area contributed by atoms with Crippen molar-refractivity contribution in [1.29, 1.82) is 0 Å². The highest BCUT2D eigenvalue weighted by molar-refractivity contribution is 7.85. The van der Waals surface area contributed by atoms with Crippen LogP contribution >= 0.6 is 0 Å². The summed E-state index contributed by atoms with van der Waals surface area (Å²) in [7, 11) is -4.43. The Morgan fingerprint density at radius 1 is 0.700 bits per heavy atom. The Labute approximate surface area is 245 Å². The molecule has 4 N–H and O–H groups in total. The lowest BCUT2D eigenvalue weighted by Gasteiger charge is -2.22. The number of aliphatic hydroxyl groups excluding tert-OH is 2. The lowest BCUT2D eigenvalue weighted by Crippen LogP contribution is -2.50. The predicted molar refractivity (Wildman–Crippen MR) is 167 cm³/mol. The normalized spacial score (nSPS) is 14.8. The highest BCUT2D eigenvalue weighted by atomic mass is 32.2. The second kappa shape index (κ2) is 26.4. The summed E-state index contributed by atoms with van der Waals surface area (Å²) in [6.07, 6.45) is 29.2. The average Bonchev–Trinajstić information content (AvgIpc) is 2.90. The number of nitrogens with one attached hydrogen (secondary N) is 1. The Kier molecular flexibility index (Phi) is 25.4. The third-order valence-corrected chi connectivity index (χ3v) is 7.73. The van der Waals surface area contributed by atoms with Gasteiger partial charge < -0.3 is 15.5 Å². The van der Waals surface area contributed by atoms with Crippen molar-refractivity contribution in [1.82, 2.24) is 5.32 Å². The number of amides is 1. The smallest absolute Gasteiger partial charge is 0.267 e. The van der Waals surface area contributed by atoms with E-state index in [4.69, 9.17) is 0 Å². The maximum Gasteiger partial charge on any atom is 0.267 e. The first kappa shape index (κ1) is 38.5. The highest BCUT2D eigenvalue weighted by Gasteiger charge is 2.27. The second-order valence-corrected chi connectivity index (χ2v) is 12.4. The molecule has 0 aromatic carbocycles. The molecule has 8 heteroatoms. The number of hydrogen-bond acceptors (Lipinski definition) is 5. The zero-order valence-corrected chi connectivity index (χ0v) is 26.1. The average molecular weight is 586 g/mol. The van der Waals surface area contributed by atoms with Crippen LogP contribution in [0.2, 0.25) is 0 Å². The molecule has 234 valence electrons. The summed E-state index contributed by atoms with van der Waals surface area (Å²) in [5.41, 5.74) is 0. The van der Waals surface area contributed by atoms with E-state index in [0.29, 0.717) is 6.42 Å². The van der Waals surface area contributed by atoms with Crippen LogP contribution in [0.3, 0.4) is 0 Å². The molecule has 0 fully saturated rings. The van der Waals surface area contributed by atoms with Gasteiger partial charge >= 0.3 is 0 Å². The Morgan fingerprint density at radius 3 is 1.70 bits per heavy atom. The summed E-state index contributed by atoms with van der Waals surface area (Å²) in [4.78, 5) is 12.4. The van der Waals surface area contributed by atoms with Crippen LogP contribution in [0.1, 0.15) is 136 Å². The van der Waals surface area contributed by atoms with Crippen LogP contribution in [-0.2, 0) is 14.9 Å². The molecule has 0 aromatic heterocycles. The van der Waals surface area contributed by atoms with E-state index < -0.39 is 40.0 Å². The van der Waals surface area contributed by atoms with Crippen LogP contribution in [0.25, 0.3) is 0 Å². The lowest BCUT2D eigenvalue weighted by atomic mass is 10.1. The molecular weight excluding hydrogens is 526 g/mol. The van der Waals surface area contributed by atoms with Gasteiger partial charge in [0.2, 0.25) is 5.91 Å². The first-order chi connectivity index (χ1) is 19.2. The maximum absolute atomic E-state index is 12.4. The molecule has 3 unspecified atom stereocenters. The summed E-state index contributed by atoms with van der Waals surface area (Å²) >= 11 is 0. The second-order valence-electron chi connectivity index (χ2n) is 10.9. The summed E-state index contributed by atoms with van der Waals surface area (Å²) in [6.45, 7) is 4.39. The van der Waals surface area contributed by atoms with Gasteiger partial charge in [0, 0.05) is 0 Å². The van der Waals surface area contributed by atoms with E-state index in [1.807, 2.05) is 0 Å². The fourth-order valence-corrected chi connectivity index (χ4v) is 5.18. The number of carbonyl (C=O) groups is 1. The molecular formula is C32H59NO6S. The standard InChI is InChI=1S/C32H59NO6S/c1-3-5-7-9-11-13-14-15-16-17-19-21-23-25-27-31(35)32(36)33-29(28-40(37,38)39)30(34)26-24-22-20-18-12-10-8-6-4-2/h11,13-15,24,26,29-31,34-35H,3-10,12,16-23,25,27-28H2,1-2H3,(H,33,36)(H,37,38,39)/b13-11-,15-14-,26-24+. The van der Waals surface area contributed by atoms with Crippen LogP contribution in [0, 0.1) is 0 Å². The number of carbonyl (C=O) groups excluding carboxylic acids is 1. The van der Waals surface area contributed by atoms with Gasteiger partial charge in [-0.15, -0.1) is 0 Å². The van der Waals surface area contributed by atoms with Gasteiger partial charge in [-0.1, -0.05) is 127 Å². The van der Waals surface area contributed by atoms with Crippen molar-refractivity contribution in [2.75, 3.05) is 5.75 Å². The fourth-order valence-electron chi connectivity index (χ4n) is 4.44. The van der Waals surface area contributed by atoms with Crippen molar-refractivity contribution < 1.29 is 28.0 Å². The van der Waals surface area contributed by atoms with E-state index in [1.54, 1.807) is 6.08 Å². The molecule has 0 aliphatic carbocycles. The van der Waals surface area contributed by atoms with Gasteiger partial charge in [0.1, 0.15) is 6.10 Å². The van der Waals surface area contributed by atoms with Gasteiger partial charge in [0.05, 0.1) is 17.9 Å². The molecule has 0 rings (SSSR count). The number of rotatable bonds is 27. The molecule has 0 radical (unpaired) electrons. The quantitative estimate of drug-likeness (QED) is 0.0350. The summed E-state index contributed by atoms with van der Waals surface area (Å²) in [5.74, 6) is -1.56. The van der Waals surface area contributed by atoms with Crippen LogP contribution in [0.15, 0.2) is 36.5 Å². The van der Waals surface area contributed by atoms with Crippen LogP contribution in [0.5, 0.6) is 0 Å². The van der Waals surface area contributed by atoms with E-state index in [2.05, 4.69) is 43.5 Å². The third-order valence-electron chi connectivity index (χ3n) is 6.95. The fraction of sp³-hybridized carbons (Fsp3) is 0.781. The van der Waals surface area contributed by atoms with Gasteiger partial charge in [0.15, 0.2) is 0 Å². The zero-order valence-electron chi connectivity index (χ0n) is 25.3. The van der Waals surface area contributed by atoms with Gasteiger partial charge in [-0.3, -0.25) is 9.35 Å². The molecule has 0 heterocycles. The first-order valence-corrected chi connectivity index (χ1v) is 17.4. The molecule has 0 aromatic rings. The Morgan fingerprint density at radius 2 is 1.15 bits per heavy atom. The van der Waals surface area contributed by atoms with Crippen LogP contribution in [-0.4, -0.2) is 53.1 Å². The van der Waals surface area contributed by atoms with Gasteiger partial charge in [0.25, 0.3) is 10.1 Å². The summed E-state index contributed by atoms with van der Waals surface area (Å²) in [5, 5.41) is 23.1. The number of hydrogen-bond donors (Lipinski definition) is 4. The predicted octanol–water partition coefficient (Wildman–Crippen LogP) is 7.20. The molecule has 0 bridgehead atoms. The van der Waals surface area contributed by atoms with Gasteiger partial charge in [-0.25, -0.2) is 0 Å². The van der Waals surface area contributed by atoms with Crippen molar-refractivity contribution in [3.63, 3.8) is 0 Å². The van der Waals surface area contributed by atoms with E-state index >= 15 is 0 Å². The SMILES string of the molecule is CCCCC/C=C\C=C/CCCCCCCC(O)C(=O)NC(CS(=O)(=O)O)C(O)/C=C/CCCCCCCCC. The first-order valence-electron chi connectivity index (χ1n) is 15.8.